The molecule has 0 saturated heterocycles. The molecule has 8 nitrogen and oxygen atoms in total. The van der Waals surface area contributed by atoms with E-state index in [-0.39, 0.29) is 11.2 Å². The molecule has 2 N–H and O–H groups in total. The third-order valence-corrected chi connectivity index (χ3v) is 4.76. The minimum Gasteiger partial charge on any atom is -0.497 e. The number of carbonyl (C=O) groups is 2. The van der Waals surface area contributed by atoms with Gasteiger partial charge in [0.05, 0.1) is 18.0 Å². The summed E-state index contributed by atoms with van der Waals surface area (Å²) in [6.45, 7) is 0.538. The van der Waals surface area contributed by atoms with Crippen molar-refractivity contribution in [1.29, 1.82) is 0 Å². The number of carboxylic acids is 1. The van der Waals surface area contributed by atoms with Crippen LogP contribution < -0.4 is 15.6 Å². The second-order valence-corrected chi connectivity index (χ2v) is 6.58. The van der Waals surface area contributed by atoms with Crippen molar-refractivity contribution in [2.45, 2.75) is 13.0 Å². The van der Waals surface area contributed by atoms with Crippen LogP contribution in [0.25, 0.3) is 22.6 Å². The van der Waals surface area contributed by atoms with E-state index in [4.69, 9.17) is 9.84 Å². The van der Waals surface area contributed by atoms with Gasteiger partial charge in [-0.15, -0.1) is 0 Å². The van der Waals surface area contributed by atoms with Gasteiger partial charge in [-0.2, -0.15) is 0 Å². The van der Waals surface area contributed by atoms with E-state index in [2.05, 4.69) is 10.3 Å². The number of anilines is 1. The third-order valence-electron chi connectivity index (χ3n) is 4.76. The Morgan fingerprint density at radius 3 is 2.66 bits per heavy atom. The van der Waals surface area contributed by atoms with E-state index in [1.54, 1.807) is 17.7 Å². The summed E-state index contributed by atoms with van der Waals surface area (Å²) in [5, 5.41) is 11.4. The van der Waals surface area contributed by atoms with Crippen molar-refractivity contribution in [2.24, 2.45) is 0 Å². The molecule has 2 heterocycles. The SMILES string of the molecule is COc1ccc(C=C2CCn3c2nc2cc(NC(=O)C(=O)O)ccc2c3=O)cc1. The summed E-state index contributed by atoms with van der Waals surface area (Å²) < 4.78 is 6.80. The number of carbonyl (C=O) groups excluding carboxylic acids is 1. The largest absolute Gasteiger partial charge is 0.497 e. The van der Waals surface area contributed by atoms with Crippen molar-refractivity contribution in [1.82, 2.24) is 9.55 Å². The van der Waals surface area contributed by atoms with Crippen molar-refractivity contribution in [2.75, 3.05) is 12.4 Å². The molecule has 3 aromatic rings. The number of aromatic nitrogens is 2. The number of benzene rings is 2. The molecule has 2 aromatic carbocycles. The lowest BCUT2D eigenvalue weighted by Crippen LogP contribution is -2.23. The maximum atomic E-state index is 12.8. The van der Waals surface area contributed by atoms with E-state index in [1.165, 1.54) is 12.1 Å². The Balaban J connectivity index is 1.76. The third kappa shape index (κ3) is 3.47. The van der Waals surface area contributed by atoms with E-state index in [9.17, 15) is 14.4 Å². The zero-order valence-corrected chi connectivity index (χ0v) is 15.5. The van der Waals surface area contributed by atoms with Crippen LogP contribution in [0.1, 0.15) is 17.8 Å². The number of allylic oxidation sites excluding steroid dienone is 1. The maximum Gasteiger partial charge on any atom is 0.394 e. The highest BCUT2D eigenvalue weighted by Crippen LogP contribution is 2.28. The topological polar surface area (TPSA) is 111 Å². The van der Waals surface area contributed by atoms with Crippen LogP contribution >= 0.6 is 0 Å². The number of hydrogen-bond acceptors (Lipinski definition) is 5. The number of amides is 1. The number of hydrogen-bond donors (Lipinski definition) is 2. The molecule has 1 amide bonds. The highest BCUT2D eigenvalue weighted by molar-refractivity contribution is 6.36. The molecule has 0 atom stereocenters. The fourth-order valence-corrected chi connectivity index (χ4v) is 3.32. The first-order chi connectivity index (χ1) is 14.0. The minimum atomic E-state index is -1.59. The summed E-state index contributed by atoms with van der Waals surface area (Å²) in [5.74, 6) is -1.41. The molecular weight excluding hydrogens is 374 g/mol. The van der Waals surface area contributed by atoms with Gasteiger partial charge in [-0.25, -0.2) is 9.78 Å². The Kier molecular flexibility index (Phi) is 4.59. The zero-order valence-electron chi connectivity index (χ0n) is 15.5. The predicted octanol–water partition coefficient (Wildman–Crippen LogP) is 2.37. The lowest BCUT2D eigenvalue weighted by atomic mass is 10.1. The second kappa shape index (κ2) is 7.23. The first kappa shape index (κ1) is 18.4. The van der Waals surface area contributed by atoms with E-state index >= 15 is 0 Å². The van der Waals surface area contributed by atoms with Gasteiger partial charge in [-0.1, -0.05) is 12.1 Å². The first-order valence-electron chi connectivity index (χ1n) is 8.90. The smallest absolute Gasteiger partial charge is 0.394 e. The van der Waals surface area contributed by atoms with E-state index in [0.717, 1.165) is 16.9 Å². The Morgan fingerprint density at radius 1 is 1.21 bits per heavy atom. The zero-order chi connectivity index (χ0) is 20.5. The highest BCUT2D eigenvalue weighted by Gasteiger charge is 2.21. The van der Waals surface area contributed by atoms with Crippen molar-refractivity contribution in [3.8, 4) is 5.75 Å². The lowest BCUT2D eigenvalue weighted by Gasteiger charge is -2.08. The number of fused-ring (bicyclic) bond motifs is 2. The summed E-state index contributed by atoms with van der Waals surface area (Å²) in [6, 6.07) is 12.1. The Bertz CT molecular complexity index is 1230. The van der Waals surface area contributed by atoms with Gasteiger partial charge in [0.2, 0.25) is 0 Å². The molecule has 1 aromatic heterocycles. The van der Waals surface area contributed by atoms with Gasteiger partial charge < -0.3 is 15.2 Å². The molecule has 1 aliphatic rings. The number of ether oxygens (including phenoxy) is 1. The maximum absolute atomic E-state index is 12.8. The van der Waals surface area contributed by atoms with Crippen LogP contribution in [-0.2, 0) is 16.1 Å². The van der Waals surface area contributed by atoms with Gasteiger partial charge in [0.25, 0.3) is 5.56 Å². The minimum absolute atomic E-state index is 0.167. The standard InChI is InChI=1S/C21H17N3O5/c1-29-15-5-2-12(3-6-15)10-13-8-9-24-18(13)23-17-11-14(22-19(25)21(27)28)4-7-16(17)20(24)26/h2-7,10-11H,8-9H2,1H3,(H,22,25)(H,27,28). The molecule has 0 radical (unpaired) electrons. The molecule has 8 heteroatoms. The average molecular weight is 391 g/mol. The lowest BCUT2D eigenvalue weighted by molar-refractivity contribution is -0.147. The van der Waals surface area contributed by atoms with Crippen molar-refractivity contribution in [3.63, 3.8) is 0 Å². The van der Waals surface area contributed by atoms with Crippen LogP contribution in [-0.4, -0.2) is 33.6 Å². The Hall–Kier alpha value is -3.94. The van der Waals surface area contributed by atoms with E-state index < -0.39 is 11.9 Å². The average Bonchev–Trinajstić information content (AvgIpc) is 3.11. The number of rotatable bonds is 3. The van der Waals surface area contributed by atoms with Gasteiger partial charge >= 0.3 is 11.9 Å². The molecule has 146 valence electrons. The predicted molar refractivity (Wildman–Crippen MR) is 108 cm³/mol. The molecule has 0 unspecified atom stereocenters. The van der Waals surface area contributed by atoms with Gasteiger partial charge in [0.15, 0.2) is 0 Å². The van der Waals surface area contributed by atoms with Crippen molar-refractivity contribution in [3.05, 3.63) is 64.2 Å². The molecule has 0 fully saturated rings. The van der Waals surface area contributed by atoms with Gasteiger partial charge in [-0.3, -0.25) is 14.2 Å². The molecule has 4 rings (SSSR count). The summed E-state index contributed by atoms with van der Waals surface area (Å²) in [4.78, 5) is 39.6. The van der Waals surface area contributed by atoms with Crippen LogP contribution in [0.5, 0.6) is 5.75 Å². The summed E-state index contributed by atoms with van der Waals surface area (Å²) in [5.41, 5.74) is 2.38. The number of aliphatic carboxylic acids is 1. The van der Waals surface area contributed by atoms with Gasteiger partial charge in [-0.05, 0) is 54.0 Å². The number of nitrogens with zero attached hydrogens (tertiary/aromatic N) is 2. The van der Waals surface area contributed by atoms with Crippen molar-refractivity contribution < 1.29 is 19.4 Å². The second-order valence-electron chi connectivity index (χ2n) is 6.58. The van der Waals surface area contributed by atoms with Crippen LogP contribution in [0.15, 0.2) is 47.3 Å². The molecule has 1 aliphatic heterocycles. The molecule has 0 bridgehead atoms. The normalized spacial score (nSPS) is 14.0. The fourth-order valence-electron chi connectivity index (χ4n) is 3.32. The van der Waals surface area contributed by atoms with E-state index in [0.29, 0.717) is 29.7 Å². The number of methoxy groups -OCH3 is 1. The molecule has 0 aliphatic carbocycles. The molecule has 29 heavy (non-hydrogen) atoms. The van der Waals surface area contributed by atoms with Crippen LogP contribution in [0, 0.1) is 0 Å². The first-order valence-corrected chi connectivity index (χ1v) is 8.90. The summed E-state index contributed by atoms with van der Waals surface area (Å²) >= 11 is 0. The van der Waals surface area contributed by atoms with Crippen LogP contribution in [0.4, 0.5) is 5.69 Å². The van der Waals surface area contributed by atoms with Gasteiger partial charge in [0, 0.05) is 12.2 Å². The summed E-state index contributed by atoms with van der Waals surface area (Å²) in [7, 11) is 1.61. The summed E-state index contributed by atoms with van der Waals surface area (Å²) in [6.07, 6.45) is 2.65. The number of carboxylic acid groups (broad SMARTS) is 1. The van der Waals surface area contributed by atoms with Crippen LogP contribution in [0.3, 0.4) is 0 Å². The van der Waals surface area contributed by atoms with E-state index in [1.807, 2.05) is 30.3 Å². The Labute approximate surface area is 165 Å². The molecule has 0 spiro atoms. The number of nitrogens with one attached hydrogen (secondary N) is 1. The van der Waals surface area contributed by atoms with Gasteiger partial charge in [0.1, 0.15) is 11.6 Å². The molecule has 0 saturated carbocycles. The quantitative estimate of drug-likeness (QED) is 0.663. The van der Waals surface area contributed by atoms with Crippen LogP contribution in [0.2, 0.25) is 0 Å². The molecular formula is C21H17N3O5. The highest BCUT2D eigenvalue weighted by atomic mass is 16.5. The monoisotopic (exact) mass is 391 g/mol. The fraction of sp³-hybridized carbons (Fsp3) is 0.143. The van der Waals surface area contributed by atoms with Crippen molar-refractivity contribution >= 4 is 40.1 Å². The Morgan fingerprint density at radius 2 is 1.97 bits per heavy atom.